The highest BCUT2D eigenvalue weighted by Crippen LogP contribution is 2.23. The van der Waals surface area contributed by atoms with Crippen molar-refractivity contribution in [2.45, 2.75) is 39.7 Å². The average molecular weight is 351 g/mol. The van der Waals surface area contributed by atoms with Crippen molar-refractivity contribution in [3.05, 3.63) is 52.8 Å². The second-order valence-corrected chi connectivity index (χ2v) is 6.69. The Morgan fingerprint density at radius 1 is 1.23 bits per heavy atom. The molecule has 0 amide bonds. The van der Waals surface area contributed by atoms with Crippen LogP contribution in [-0.2, 0) is 9.53 Å². The summed E-state index contributed by atoms with van der Waals surface area (Å²) < 4.78 is 5.38. The van der Waals surface area contributed by atoms with Crippen LogP contribution in [0.25, 0.3) is 11.6 Å². The Bertz CT molecular complexity index is 824. The Balaban J connectivity index is 1.86. The van der Waals surface area contributed by atoms with Gasteiger partial charge in [-0.3, -0.25) is 4.79 Å². The number of aryl methyl sites for hydroxylation is 2. The molecule has 5 heteroatoms. The van der Waals surface area contributed by atoms with E-state index in [1.165, 1.54) is 0 Å². The van der Waals surface area contributed by atoms with E-state index in [2.05, 4.69) is 15.3 Å². The van der Waals surface area contributed by atoms with Crippen molar-refractivity contribution in [3.63, 3.8) is 0 Å². The number of ether oxygens (including phenoxy) is 1. The summed E-state index contributed by atoms with van der Waals surface area (Å²) in [6.45, 7) is 7.09. The summed E-state index contributed by atoms with van der Waals surface area (Å²) in [5, 5.41) is 3.38. The predicted octanol–water partition coefficient (Wildman–Crippen LogP) is 3.81. The number of carbonyl (C=O) groups excluding carboxylic acids is 1. The number of hydrogen-bond donors (Lipinski definition) is 1. The number of rotatable bonds is 5. The van der Waals surface area contributed by atoms with Crippen LogP contribution in [0.4, 0.5) is 5.95 Å². The third-order valence-corrected chi connectivity index (χ3v) is 4.69. The van der Waals surface area contributed by atoms with Gasteiger partial charge in [-0.1, -0.05) is 24.3 Å². The number of carbonyl (C=O) groups is 1. The summed E-state index contributed by atoms with van der Waals surface area (Å²) in [4.78, 5) is 21.2. The molecule has 2 heterocycles. The van der Waals surface area contributed by atoms with E-state index >= 15 is 0 Å². The van der Waals surface area contributed by atoms with Gasteiger partial charge in [0.15, 0.2) is 5.78 Å². The Morgan fingerprint density at radius 2 is 1.96 bits per heavy atom. The van der Waals surface area contributed by atoms with Crippen LogP contribution in [0.2, 0.25) is 0 Å². The number of nitrogens with one attached hydrogen (secondary N) is 1. The number of hydrogen-bond acceptors (Lipinski definition) is 5. The molecule has 5 nitrogen and oxygen atoms in total. The summed E-state index contributed by atoms with van der Waals surface area (Å²) >= 11 is 0. The number of anilines is 1. The van der Waals surface area contributed by atoms with E-state index in [4.69, 9.17) is 4.74 Å². The van der Waals surface area contributed by atoms with E-state index in [1.807, 2.05) is 44.2 Å². The maximum absolute atomic E-state index is 12.2. The lowest BCUT2D eigenvalue weighted by Crippen LogP contribution is -2.28. The Labute approximate surface area is 154 Å². The molecule has 3 rings (SSSR count). The van der Waals surface area contributed by atoms with Crippen molar-refractivity contribution in [1.29, 1.82) is 0 Å². The molecule has 0 bridgehead atoms. The minimum absolute atomic E-state index is 0.0307. The molecule has 1 aliphatic rings. The van der Waals surface area contributed by atoms with Crippen LogP contribution in [0.3, 0.4) is 0 Å². The van der Waals surface area contributed by atoms with Gasteiger partial charge >= 0.3 is 0 Å². The molecular formula is C21H25N3O2. The maximum Gasteiger partial charge on any atom is 0.223 e. The Hall–Kier alpha value is -2.53. The van der Waals surface area contributed by atoms with E-state index in [0.29, 0.717) is 17.6 Å². The van der Waals surface area contributed by atoms with Gasteiger partial charge in [0.25, 0.3) is 0 Å². The van der Waals surface area contributed by atoms with Crippen LogP contribution in [0, 0.1) is 13.8 Å². The molecule has 0 unspecified atom stereocenters. The van der Waals surface area contributed by atoms with Crippen molar-refractivity contribution in [3.8, 4) is 0 Å². The molecule has 1 fully saturated rings. The lowest BCUT2D eigenvalue weighted by Gasteiger charge is -2.23. The lowest BCUT2D eigenvalue weighted by molar-refractivity contribution is -0.111. The van der Waals surface area contributed by atoms with Gasteiger partial charge in [-0.05, 0) is 50.8 Å². The third-order valence-electron chi connectivity index (χ3n) is 4.69. The highest BCUT2D eigenvalue weighted by atomic mass is 16.5. The average Bonchev–Trinajstić information content (AvgIpc) is 2.62. The molecule has 1 N–H and O–H groups in total. The van der Waals surface area contributed by atoms with Crippen LogP contribution >= 0.6 is 0 Å². The first-order valence-corrected chi connectivity index (χ1v) is 9.01. The summed E-state index contributed by atoms with van der Waals surface area (Å²) in [5.74, 6) is 0.662. The highest BCUT2D eigenvalue weighted by Gasteiger charge is 2.15. The normalized spacial score (nSPS) is 15.7. The molecule has 0 saturated carbocycles. The van der Waals surface area contributed by atoms with Crippen LogP contribution in [0.15, 0.2) is 30.5 Å². The smallest absolute Gasteiger partial charge is 0.223 e. The van der Waals surface area contributed by atoms with Gasteiger partial charge in [-0.15, -0.1) is 0 Å². The number of nitrogens with zero attached hydrogens (tertiary/aromatic N) is 2. The predicted molar refractivity (Wildman–Crippen MR) is 104 cm³/mol. The van der Waals surface area contributed by atoms with Gasteiger partial charge in [0.1, 0.15) is 0 Å². The molecule has 1 aromatic carbocycles. The van der Waals surface area contributed by atoms with Crippen LogP contribution in [0.5, 0.6) is 0 Å². The van der Waals surface area contributed by atoms with Crippen LogP contribution in [-0.4, -0.2) is 35.0 Å². The zero-order valence-electron chi connectivity index (χ0n) is 15.6. The molecule has 136 valence electrons. The molecule has 0 atom stereocenters. The maximum atomic E-state index is 12.2. The number of allylic oxidation sites excluding steroid dienone is 1. The fraction of sp³-hybridized carbons (Fsp3) is 0.381. The Morgan fingerprint density at radius 3 is 2.62 bits per heavy atom. The summed E-state index contributed by atoms with van der Waals surface area (Å²) in [5.41, 5.74) is 4.41. The molecule has 0 aliphatic carbocycles. The van der Waals surface area contributed by atoms with E-state index in [9.17, 15) is 4.79 Å². The molecule has 0 radical (unpaired) electrons. The zero-order chi connectivity index (χ0) is 18.5. The zero-order valence-corrected chi connectivity index (χ0v) is 15.6. The highest BCUT2D eigenvalue weighted by molar-refractivity contribution is 6.24. The van der Waals surface area contributed by atoms with Crippen molar-refractivity contribution >= 4 is 23.4 Å². The topological polar surface area (TPSA) is 64.1 Å². The number of aromatic nitrogens is 2. The molecule has 1 aliphatic heterocycles. The van der Waals surface area contributed by atoms with Crippen molar-refractivity contribution < 1.29 is 9.53 Å². The first kappa shape index (κ1) is 18.3. The molecule has 0 spiro atoms. The van der Waals surface area contributed by atoms with Gasteiger partial charge in [-0.25, -0.2) is 9.97 Å². The molecule has 1 aromatic heterocycles. The van der Waals surface area contributed by atoms with Crippen molar-refractivity contribution in [1.82, 2.24) is 9.97 Å². The minimum Gasteiger partial charge on any atom is -0.381 e. The number of Topliss-reactive ketones (excluding diaryl/α,β-unsaturated/α-hetero) is 1. The van der Waals surface area contributed by atoms with E-state index in [1.54, 1.807) is 13.1 Å². The standard InChI is InChI=1S/C21H25N3O2/c1-14-6-4-5-7-19(14)20(16(3)25)12-17-13-22-21(23-15(17)2)24-18-8-10-26-11-9-18/h4-7,12-13,18H,8-11H2,1-3H3,(H,22,23,24)/b20-12+. The van der Waals surface area contributed by atoms with Crippen molar-refractivity contribution in [2.75, 3.05) is 18.5 Å². The van der Waals surface area contributed by atoms with Gasteiger partial charge in [-0.2, -0.15) is 0 Å². The van der Waals surface area contributed by atoms with E-state index < -0.39 is 0 Å². The fourth-order valence-corrected chi connectivity index (χ4v) is 3.11. The van der Waals surface area contributed by atoms with E-state index in [-0.39, 0.29) is 5.78 Å². The minimum atomic E-state index is 0.0307. The SMILES string of the molecule is CC(=O)/C(=C\c1cnc(NC2CCOCC2)nc1C)c1ccccc1C. The largest absolute Gasteiger partial charge is 0.381 e. The molecule has 2 aromatic rings. The molecule has 1 saturated heterocycles. The van der Waals surface area contributed by atoms with Gasteiger partial charge in [0.05, 0.1) is 5.69 Å². The van der Waals surface area contributed by atoms with E-state index in [0.717, 1.165) is 48.4 Å². The van der Waals surface area contributed by atoms with Gasteiger partial charge < -0.3 is 10.1 Å². The quantitative estimate of drug-likeness (QED) is 0.830. The van der Waals surface area contributed by atoms with Crippen LogP contribution in [0.1, 0.15) is 42.1 Å². The summed E-state index contributed by atoms with van der Waals surface area (Å²) in [6.07, 6.45) is 5.60. The first-order valence-electron chi connectivity index (χ1n) is 9.01. The summed E-state index contributed by atoms with van der Waals surface area (Å²) in [6, 6.07) is 8.26. The fourth-order valence-electron chi connectivity index (χ4n) is 3.11. The molecular weight excluding hydrogens is 326 g/mol. The molecule has 26 heavy (non-hydrogen) atoms. The number of benzene rings is 1. The van der Waals surface area contributed by atoms with Crippen molar-refractivity contribution in [2.24, 2.45) is 0 Å². The number of ketones is 1. The summed E-state index contributed by atoms with van der Waals surface area (Å²) in [7, 11) is 0. The Kier molecular flexibility index (Phi) is 5.78. The van der Waals surface area contributed by atoms with Gasteiger partial charge in [0, 0.05) is 36.6 Å². The van der Waals surface area contributed by atoms with Gasteiger partial charge in [0.2, 0.25) is 5.95 Å². The first-order chi connectivity index (χ1) is 12.5. The monoisotopic (exact) mass is 351 g/mol. The lowest BCUT2D eigenvalue weighted by atomic mass is 9.96. The van der Waals surface area contributed by atoms with Crippen LogP contribution < -0.4 is 5.32 Å². The third kappa shape index (κ3) is 4.35. The second-order valence-electron chi connectivity index (χ2n) is 6.69. The second kappa shape index (κ2) is 8.23.